The topological polar surface area (TPSA) is 26.3 Å². The number of aryl methyl sites for hydroxylation is 1. The molecule has 0 aliphatic carbocycles. The SMILES string of the molecule is CC(=O)c1ccc(Br)cc1Oc1cc(F)ccc1C. The first kappa shape index (κ1) is 13.7. The summed E-state index contributed by atoms with van der Waals surface area (Å²) in [5, 5.41) is 0. The normalized spacial score (nSPS) is 10.3. The molecule has 0 aliphatic heterocycles. The van der Waals surface area contributed by atoms with Crippen molar-refractivity contribution in [3.05, 3.63) is 57.8 Å². The first-order valence-corrected chi connectivity index (χ1v) is 6.51. The Bertz CT molecular complexity index is 638. The Morgan fingerprint density at radius 3 is 2.58 bits per heavy atom. The number of ether oxygens (including phenoxy) is 1. The minimum Gasteiger partial charge on any atom is -0.456 e. The summed E-state index contributed by atoms with van der Waals surface area (Å²) in [5.74, 6) is 0.340. The smallest absolute Gasteiger partial charge is 0.163 e. The Morgan fingerprint density at radius 1 is 1.16 bits per heavy atom. The van der Waals surface area contributed by atoms with E-state index in [0.29, 0.717) is 17.1 Å². The zero-order valence-corrected chi connectivity index (χ0v) is 12.1. The third-order valence-electron chi connectivity index (χ3n) is 2.69. The largest absolute Gasteiger partial charge is 0.456 e. The van der Waals surface area contributed by atoms with Crippen molar-refractivity contribution < 1.29 is 13.9 Å². The quantitative estimate of drug-likeness (QED) is 0.752. The molecule has 0 saturated carbocycles. The summed E-state index contributed by atoms with van der Waals surface area (Å²) in [4.78, 5) is 11.6. The molecule has 2 aromatic rings. The average molecular weight is 323 g/mol. The van der Waals surface area contributed by atoms with E-state index in [9.17, 15) is 9.18 Å². The van der Waals surface area contributed by atoms with E-state index in [1.165, 1.54) is 19.1 Å². The Hall–Kier alpha value is -1.68. The van der Waals surface area contributed by atoms with Gasteiger partial charge in [0, 0.05) is 10.5 Å². The molecular weight excluding hydrogens is 311 g/mol. The van der Waals surface area contributed by atoms with E-state index in [1.54, 1.807) is 24.3 Å². The first-order chi connectivity index (χ1) is 8.97. The van der Waals surface area contributed by atoms with Crippen LogP contribution >= 0.6 is 15.9 Å². The van der Waals surface area contributed by atoms with Crippen LogP contribution in [0, 0.1) is 12.7 Å². The highest BCUT2D eigenvalue weighted by molar-refractivity contribution is 9.10. The molecule has 0 N–H and O–H groups in total. The number of Topliss-reactive ketones (excluding diaryl/α,β-unsaturated/α-hetero) is 1. The van der Waals surface area contributed by atoms with Crippen LogP contribution in [0.3, 0.4) is 0 Å². The zero-order valence-electron chi connectivity index (χ0n) is 10.5. The van der Waals surface area contributed by atoms with Crippen LogP contribution in [-0.2, 0) is 0 Å². The minimum atomic E-state index is -0.375. The molecule has 0 saturated heterocycles. The van der Waals surface area contributed by atoms with Crippen LogP contribution in [0.25, 0.3) is 0 Å². The number of carbonyl (C=O) groups is 1. The Kier molecular flexibility index (Phi) is 4.00. The summed E-state index contributed by atoms with van der Waals surface area (Å²) in [6.07, 6.45) is 0. The summed E-state index contributed by atoms with van der Waals surface area (Å²) in [5.41, 5.74) is 1.27. The van der Waals surface area contributed by atoms with Gasteiger partial charge in [-0.2, -0.15) is 0 Å². The van der Waals surface area contributed by atoms with E-state index in [1.807, 2.05) is 6.92 Å². The number of benzene rings is 2. The van der Waals surface area contributed by atoms with E-state index < -0.39 is 0 Å². The standard InChI is InChI=1S/C15H12BrFO2/c1-9-3-5-12(17)8-14(9)19-15-7-11(16)4-6-13(15)10(2)18/h3-8H,1-2H3. The highest BCUT2D eigenvalue weighted by Gasteiger charge is 2.11. The molecule has 0 bridgehead atoms. The third-order valence-corrected chi connectivity index (χ3v) is 3.19. The molecule has 0 radical (unpaired) electrons. The molecule has 0 aliphatic rings. The van der Waals surface area contributed by atoms with Crippen molar-refractivity contribution >= 4 is 21.7 Å². The van der Waals surface area contributed by atoms with Crippen molar-refractivity contribution in [2.45, 2.75) is 13.8 Å². The molecule has 2 nitrogen and oxygen atoms in total. The molecule has 4 heteroatoms. The Labute approximate surface area is 119 Å². The van der Waals surface area contributed by atoms with Crippen molar-refractivity contribution in [3.63, 3.8) is 0 Å². The fourth-order valence-electron chi connectivity index (χ4n) is 1.67. The lowest BCUT2D eigenvalue weighted by Gasteiger charge is -2.12. The second kappa shape index (κ2) is 5.53. The minimum absolute atomic E-state index is 0.100. The molecule has 0 heterocycles. The van der Waals surface area contributed by atoms with Crippen molar-refractivity contribution in [2.75, 3.05) is 0 Å². The van der Waals surface area contributed by atoms with Gasteiger partial charge in [0.1, 0.15) is 17.3 Å². The van der Waals surface area contributed by atoms with Crippen molar-refractivity contribution in [1.82, 2.24) is 0 Å². The van der Waals surface area contributed by atoms with E-state index in [4.69, 9.17) is 4.74 Å². The number of hydrogen-bond acceptors (Lipinski definition) is 2. The monoisotopic (exact) mass is 322 g/mol. The number of ketones is 1. The van der Waals surface area contributed by atoms with Crippen LogP contribution in [0.2, 0.25) is 0 Å². The van der Waals surface area contributed by atoms with Gasteiger partial charge in [-0.1, -0.05) is 22.0 Å². The van der Waals surface area contributed by atoms with Gasteiger partial charge in [-0.3, -0.25) is 4.79 Å². The first-order valence-electron chi connectivity index (χ1n) is 5.72. The van der Waals surface area contributed by atoms with Crippen LogP contribution in [-0.4, -0.2) is 5.78 Å². The van der Waals surface area contributed by atoms with Crippen molar-refractivity contribution in [3.8, 4) is 11.5 Å². The molecule has 2 rings (SSSR count). The maximum absolute atomic E-state index is 13.2. The average Bonchev–Trinajstić information content (AvgIpc) is 2.33. The third kappa shape index (κ3) is 3.20. The maximum atomic E-state index is 13.2. The molecule has 0 unspecified atom stereocenters. The predicted molar refractivity (Wildman–Crippen MR) is 75.4 cm³/mol. The van der Waals surface area contributed by atoms with E-state index in [0.717, 1.165) is 10.0 Å². The van der Waals surface area contributed by atoms with Crippen LogP contribution in [0.15, 0.2) is 40.9 Å². The lowest BCUT2D eigenvalue weighted by molar-refractivity contribution is 0.101. The number of rotatable bonds is 3. The number of halogens is 2. The molecule has 0 spiro atoms. The second-order valence-electron chi connectivity index (χ2n) is 4.21. The van der Waals surface area contributed by atoms with Gasteiger partial charge in [0.2, 0.25) is 0 Å². The highest BCUT2D eigenvalue weighted by Crippen LogP contribution is 2.31. The van der Waals surface area contributed by atoms with Gasteiger partial charge in [0.25, 0.3) is 0 Å². The molecule has 0 fully saturated rings. The van der Waals surface area contributed by atoms with Gasteiger partial charge < -0.3 is 4.74 Å². The summed E-state index contributed by atoms with van der Waals surface area (Å²) >= 11 is 3.33. The van der Waals surface area contributed by atoms with Crippen LogP contribution in [0.1, 0.15) is 22.8 Å². The van der Waals surface area contributed by atoms with Crippen LogP contribution in [0.5, 0.6) is 11.5 Å². The van der Waals surface area contributed by atoms with E-state index in [2.05, 4.69) is 15.9 Å². The zero-order chi connectivity index (χ0) is 14.0. The molecule has 98 valence electrons. The van der Waals surface area contributed by atoms with Crippen LogP contribution in [0.4, 0.5) is 4.39 Å². The predicted octanol–water partition coefficient (Wildman–Crippen LogP) is 4.89. The van der Waals surface area contributed by atoms with Gasteiger partial charge >= 0.3 is 0 Å². The van der Waals surface area contributed by atoms with Crippen molar-refractivity contribution in [2.24, 2.45) is 0 Å². The maximum Gasteiger partial charge on any atom is 0.163 e. The summed E-state index contributed by atoms with van der Waals surface area (Å²) in [6.45, 7) is 3.29. The van der Waals surface area contributed by atoms with E-state index in [-0.39, 0.29) is 11.6 Å². The number of carbonyl (C=O) groups excluding carboxylic acids is 1. The fourth-order valence-corrected chi connectivity index (χ4v) is 2.01. The van der Waals surface area contributed by atoms with Gasteiger partial charge in [-0.25, -0.2) is 4.39 Å². The summed E-state index contributed by atoms with van der Waals surface area (Å²) in [6, 6.07) is 9.45. The molecule has 0 amide bonds. The summed E-state index contributed by atoms with van der Waals surface area (Å²) < 4.78 is 19.7. The van der Waals surface area contributed by atoms with Crippen molar-refractivity contribution in [1.29, 1.82) is 0 Å². The second-order valence-corrected chi connectivity index (χ2v) is 5.12. The fraction of sp³-hybridized carbons (Fsp3) is 0.133. The number of hydrogen-bond donors (Lipinski definition) is 0. The molecule has 2 aromatic carbocycles. The van der Waals surface area contributed by atoms with Gasteiger partial charge in [-0.05, 0) is 43.7 Å². The lowest BCUT2D eigenvalue weighted by atomic mass is 10.1. The van der Waals surface area contributed by atoms with Gasteiger partial charge in [0.15, 0.2) is 5.78 Å². The molecule has 0 aromatic heterocycles. The molecule has 0 atom stereocenters. The highest BCUT2D eigenvalue weighted by atomic mass is 79.9. The summed E-state index contributed by atoms with van der Waals surface area (Å²) in [7, 11) is 0. The molecule has 19 heavy (non-hydrogen) atoms. The Balaban J connectivity index is 2.45. The lowest BCUT2D eigenvalue weighted by Crippen LogP contribution is -1.98. The Morgan fingerprint density at radius 2 is 1.89 bits per heavy atom. The van der Waals surface area contributed by atoms with Gasteiger partial charge in [0.05, 0.1) is 5.56 Å². The van der Waals surface area contributed by atoms with E-state index >= 15 is 0 Å². The van der Waals surface area contributed by atoms with Crippen LogP contribution < -0.4 is 4.74 Å². The van der Waals surface area contributed by atoms with Gasteiger partial charge in [-0.15, -0.1) is 0 Å². The molecular formula is C15H12BrFO2.